The van der Waals surface area contributed by atoms with Crippen LogP contribution in [0.25, 0.3) is 21.8 Å². The van der Waals surface area contributed by atoms with Gasteiger partial charge >= 0.3 is 11.9 Å². The Morgan fingerprint density at radius 2 is 0.799 bits per heavy atom. The van der Waals surface area contributed by atoms with Crippen molar-refractivity contribution in [1.82, 2.24) is 83.6 Å². The van der Waals surface area contributed by atoms with Gasteiger partial charge in [-0.15, -0.1) is 0 Å². The van der Waals surface area contributed by atoms with Gasteiger partial charge < -0.3 is 116 Å². The van der Waals surface area contributed by atoms with Crippen LogP contribution in [0.5, 0.6) is 0 Å². The Balaban J connectivity index is 0.000000266. The molecule has 4 saturated heterocycles. The Labute approximate surface area is 807 Å². The number of nitrogens with zero attached hydrogens (tertiary/aromatic N) is 4. The summed E-state index contributed by atoms with van der Waals surface area (Å²) in [6.45, 7) is 0.780. The average molecular weight is 1920 g/mol. The van der Waals surface area contributed by atoms with Crippen LogP contribution < -0.4 is 86.7 Å². The number of amides is 14. The minimum atomic E-state index is -1.22. The third-order valence-electron chi connectivity index (χ3n) is 26.5. The Morgan fingerprint density at radius 3 is 1.19 bits per heavy atom. The molecule has 6 aliphatic rings. The fourth-order valence-electron chi connectivity index (χ4n) is 19.1. The molecule has 6 fully saturated rings. The number of ether oxygens (including phenoxy) is 1. The molecule has 23 N–H and O–H groups in total. The number of aliphatic imine (C=N–C) groups is 2. The Hall–Kier alpha value is -14.0. The smallest absolute Gasteiger partial charge is 0.306 e. The number of hydrogen-bond acceptors (Lipinski definition) is 19. The summed E-state index contributed by atoms with van der Waals surface area (Å²) in [6.07, 6.45) is 15.4. The van der Waals surface area contributed by atoms with Crippen molar-refractivity contribution in [2.24, 2.45) is 44.8 Å². The van der Waals surface area contributed by atoms with Crippen molar-refractivity contribution in [3.8, 4) is 0 Å². The van der Waals surface area contributed by atoms with Gasteiger partial charge in [0.2, 0.25) is 82.7 Å². The van der Waals surface area contributed by atoms with Crippen LogP contribution in [-0.4, -0.2) is 250 Å². The lowest BCUT2D eigenvalue weighted by Crippen LogP contribution is -2.60. The number of methoxy groups -OCH3 is 1. The second-order valence-corrected chi connectivity index (χ2v) is 36.8. The van der Waals surface area contributed by atoms with Crippen LogP contribution >= 0.6 is 0 Å². The summed E-state index contributed by atoms with van der Waals surface area (Å²) in [5.74, 6) is -10.0. The molecular weight excluding hydrogens is 1790 g/mol. The van der Waals surface area contributed by atoms with Gasteiger partial charge in [0, 0.05) is 112 Å². The summed E-state index contributed by atoms with van der Waals surface area (Å²) in [7, 11) is 1.21. The van der Waals surface area contributed by atoms with E-state index in [2.05, 4.69) is 88.5 Å². The molecule has 6 aromatic rings. The standard InChI is InChI=1S/C50H69N11O9.C49H67N11O9/c1-70-43(63)23-22-42(62)56-38(27-31-13-4-2-5-14-31)45(65)58-37-20-11-24-53-44(64)36(19-10-25-54-50(51)52)57-47(67)40(29-33-30-55-35-18-9-8-17-34(33)35)59-46(66)39(28-32-15-6-3-7-16-32)60-48(68)41-21-12-26-61(41)49(37)69;50-49(51)53-24-9-18-35-43(64)52-23-10-19-36(57-44(65)37(26-30-12-3-1-4-13-30)55-41(61)21-22-42(62)63)48(69)60-25-11-20-40(60)47(68)59-38(27-31-14-5-2-6-15-31)45(66)58-39(46(67)56-35)28-32-29-54-34-17-8-7-16-33(32)34/h2,4-5,8-9,13-14,17-18,30,32,36-41,55H,3,6-7,10-12,15-16,19-29H2,1H3,(H,53,64)(H,56,62)(H,57,67)(H,58,65)(H,59,66)(H,60,68)(H4,51,52,54);1,3-4,7-8,12-13,16-17,29,31,35-40,54H,2,5-6,9-11,14-15,18-28H2,(H,52,64)(H,55,61)(H,56,67)(H,57,65)(H,58,66)(H,59,68)(H,62,63)(H4,50,51,53)/t36-,37?,38-,39+,40-,41-;35-,36?,37-,38+,39-,40-/m00/s1. The highest BCUT2D eigenvalue weighted by Gasteiger charge is 2.44. The van der Waals surface area contributed by atoms with Gasteiger partial charge in [-0.3, -0.25) is 86.7 Å². The van der Waals surface area contributed by atoms with Crippen LogP contribution in [0.2, 0.25) is 0 Å². The molecule has 2 aromatic heterocycles. The number of nitrogens with two attached hydrogens (primary N) is 4. The minimum absolute atomic E-state index is 0.00162. The zero-order chi connectivity index (χ0) is 99.3. The zero-order valence-corrected chi connectivity index (χ0v) is 79.0. The average Bonchev–Trinajstić information content (AvgIpc) is 1.78. The number of esters is 1. The van der Waals surface area contributed by atoms with E-state index in [0.717, 1.165) is 103 Å². The molecule has 6 heterocycles. The van der Waals surface area contributed by atoms with Crippen LogP contribution in [-0.2, 0) is 107 Å². The molecular formula is C99H136N22O18. The lowest BCUT2D eigenvalue weighted by Gasteiger charge is -2.32. The molecule has 2 unspecified atom stereocenters. The first-order chi connectivity index (χ1) is 67.0. The monoisotopic (exact) mass is 1920 g/mol. The van der Waals surface area contributed by atoms with Crippen LogP contribution in [0.1, 0.15) is 202 Å². The van der Waals surface area contributed by atoms with E-state index in [-0.39, 0.29) is 146 Å². The third kappa shape index (κ3) is 32.6. The number of aliphatic carboxylic acids is 1. The molecule has 2 saturated carbocycles. The fraction of sp³-hybridized carbons (Fsp3) is 0.535. The number of carboxylic acids is 1. The van der Waals surface area contributed by atoms with E-state index in [1.54, 1.807) is 67.0 Å². The highest BCUT2D eigenvalue weighted by Crippen LogP contribution is 2.32. The van der Waals surface area contributed by atoms with E-state index in [1.807, 2.05) is 54.6 Å². The number of H-pyrrole nitrogens is 2. The van der Waals surface area contributed by atoms with E-state index in [0.29, 0.717) is 56.9 Å². The van der Waals surface area contributed by atoms with Crippen molar-refractivity contribution in [1.29, 1.82) is 0 Å². The number of nitrogens with one attached hydrogen (secondary N) is 14. The molecule has 40 nitrogen and oxygen atoms in total. The van der Waals surface area contributed by atoms with Gasteiger partial charge in [0.05, 0.1) is 20.0 Å². The number of aromatic amines is 2. The summed E-state index contributed by atoms with van der Waals surface area (Å²) in [5.41, 5.74) is 26.8. The molecule has 14 amide bonds. The largest absolute Gasteiger partial charge is 0.481 e. The Bertz CT molecular complexity index is 5280. The fourth-order valence-corrected chi connectivity index (χ4v) is 19.1. The van der Waals surface area contributed by atoms with Crippen LogP contribution in [0.4, 0.5) is 0 Å². The predicted octanol–water partition coefficient (Wildman–Crippen LogP) is 2.42. The Morgan fingerprint density at radius 1 is 0.424 bits per heavy atom. The quantitative estimate of drug-likeness (QED) is 0.0125. The van der Waals surface area contributed by atoms with Gasteiger partial charge in [0.1, 0.15) is 72.5 Å². The number of guanidine groups is 2. The number of para-hydroxylation sites is 2. The van der Waals surface area contributed by atoms with Crippen LogP contribution in [0.15, 0.2) is 132 Å². The van der Waals surface area contributed by atoms with Gasteiger partial charge in [-0.25, -0.2) is 0 Å². The molecule has 4 aromatic carbocycles. The van der Waals surface area contributed by atoms with Crippen LogP contribution in [0.3, 0.4) is 0 Å². The van der Waals surface area contributed by atoms with E-state index in [1.165, 1.54) is 16.9 Å². The first-order valence-corrected chi connectivity index (χ1v) is 48.8. The lowest BCUT2D eigenvalue weighted by molar-refractivity contribution is -0.143. The molecule has 4 aliphatic heterocycles. The summed E-state index contributed by atoms with van der Waals surface area (Å²) < 4.78 is 4.68. The molecule has 0 bridgehead atoms. The first-order valence-electron chi connectivity index (χ1n) is 48.8. The van der Waals surface area contributed by atoms with Crippen molar-refractivity contribution in [2.45, 2.75) is 278 Å². The van der Waals surface area contributed by atoms with Gasteiger partial charge in [-0.1, -0.05) is 161 Å². The number of carbonyl (C=O) groups excluding carboxylic acids is 15. The molecule has 0 spiro atoms. The second kappa shape index (κ2) is 53.7. The van der Waals surface area contributed by atoms with Gasteiger partial charge in [-0.2, -0.15) is 0 Å². The maximum absolute atomic E-state index is 14.8. The summed E-state index contributed by atoms with van der Waals surface area (Å²) in [5, 5.41) is 45.3. The second-order valence-electron chi connectivity index (χ2n) is 36.8. The van der Waals surface area contributed by atoms with Gasteiger partial charge in [0.15, 0.2) is 11.9 Å². The van der Waals surface area contributed by atoms with E-state index < -0.39 is 174 Å². The third-order valence-corrected chi connectivity index (χ3v) is 26.5. The van der Waals surface area contributed by atoms with Crippen molar-refractivity contribution in [3.63, 3.8) is 0 Å². The predicted molar refractivity (Wildman–Crippen MR) is 518 cm³/mol. The van der Waals surface area contributed by atoms with E-state index in [9.17, 15) is 81.8 Å². The number of benzene rings is 4. The molecule has 12 rings (SSSR count). The molecule has 750 valence electrons. The summed E-state index contributed by atoms with van der Waals surface area (Å²) in [4.78, 5) is 240. The molecule has 12 atom stereocenters. The maximum atomic E-state index is 14.8. The SMILES string of the molecule is COC(=O)CCC(=O)N[C@@H](Cc1ccccc1)C(=O)NC1CCCNC(=O)[C@H](CCCN=C(N)N)NC(=O)[C@H](Cc2c[nH]c3ccccc23)NC(=O)[C@@H](CC2CCCCC2)NC(=O)[C@@H]2CCCN2C1=O.NC(N)=NCCC[C@@H]1NC(=O)[C@H](Cc2c[nH]c3ccccc23)NC(=O)[C@@H](CC2CCCCC2)NC(=O)[C@@H]2CCCN2C(=O)C(NC(=O)[C@H](Cc2ccccc2)NC(=O)CCC(=O)O)CCCNC1=O. The normalized spacial score (nSPS) is 22.6. The van der Waals surface area contributed by atoms with Crippen molar-refractivity contribution in [3.05, 3.63) is 144 Å². The highest BCUT2D eigenvalue weighted by molar-refractivity contribution is 6.01. The number of aromatic nitrogens is 2. The van der Waals surface area contributed by atoms with Crippen molar-refractivity contribution < 1.29 is 86.6 Å². The first kappa shape index (κ1) is 105. The maximum Gasteiger partial charge on any atom is 0.306 e. The minimum Gasteiger partial charge on any atom is -0.481 e. The lowest BCUT2D eigenvalue weighted by atomic mass is 9.84. The van der Waals surface area contributed by atoms with Gasteiger partial charge in [-0.05, 0) is 136 Å². The summed E-state index contributed by atoms with van der Waals surface area (Å²) in [6, 6.07) is 19.6. The Kier molecular flexibility index (Phi) is 40.7. The summed E-state index contributed by atoms with van der Waals surface area (Å²) >= 11 is 0. The number of carbonyl (C=O) groups is 16. The van der Waals surface area contributed by atoms with E-state index >= 15 is 0 Å². The highest BCUT2D eigenvalue weighted by atomic mass is 16.5. The molecule has 2 aliphatic carbocycles. The molecule has 40 heteroatoms. The number of hydrogen-bond donors (Lipinski definition) is 19. The molecule has 0 radical (unpaired) electrons. The zero-order valence-electron chi connectivity index (χ0n) is 79.0. The van der Waals surface area contributed by atoms with E-state index in [4.69, 9.17) is 22.9 Å². The number of carboxylic acid groups (broad SMARTS) is 1. The number of rotatable bonds is 32. The van der Waals surface area contributed by atoms with Crippen molar-refractivity contribution in [2.75, 3.05) is 46.4 Å². The molecule has 139 heavy (non-hydrogen) atoms. The van der Waals surface area contributed by atoms with Gasteiger partial charge in [0.25, 0.3) is 0 Å². The van der Waals surface area contributed by atoms with Crippen molar-refractivity contribution >= 4 is 128 Å². The number of fused-ring (bicyclic) bond motifs is 4. The topological polar surface area (TPSA) is 614 Å². The van der Waals surface area contributed by atoms with Crippen LogP contribution in [0, 0.1) is 11.8 Å².